The molecule has 4 rings (SSSR count). The molecule has 0 saturated heterocycles. The zero-order chi connectivity index (χ0) is 27.4. The maximum Gasteiger partial charge on any atom is 0.322 e. The van der Waals surface area contributed by atoms with Gasteiger partial charge in [0.25, 0.3) is 5.56 Å². The molecule has 0 fully saturated rings. The van der Waals surface area contributed by atoms with Crippen molar-refractivity contribution >= 4 is 34.2 Å². The highest BCUT2D eigenvalue weighted by atomic mass is 35.5. The Labute approximate surface area is 222 Å². The Morgan fingerprint density at radius 2 is 1.82 bits per heavy atom. The molecule has 0 aliphatic heterocycles. The number of aromatic nitrogens is 2. The third-order valence-corrected chi connectivity index (χ3v) is 6.50. The molecule has 38 heavy (non-hydrogen) atoms. The third-order valence-electron chi connectivity index (χ3n) is 6.21. The van der Waals surface area contributed by atoms with Crippen molar-refractivity contribution in [1.29, 1.82) is 0 Å². The second-order valence-corrected chi connectivity index (χ2v) is 9.16. The molecule has 1 aromatic heterocycles. The van der Waals surface area contributed by atoms with Crippen LogP contribution in [0.4, 0.5) is 23.7 Å². The highest BCUT2D eigenvalue weighted by molar-refractivity contribution is 6.30. The van der Waals surface area contributed by atoms with Crippen LogP contribution in [-0.2, 0) is 0 Å². The van der Waals surface area contributed by atoms with Gasteiger partial charge in [0.05, 0.1) is 33.3 Å². The quantitative estimate of drug-likeness (QED) is 0.255. The van der Waals surface area contributed by atoms with Crippen LogP contribution in [0.2, 0.25) is 5.02 Å². The highest BCUT2D eigenvalue weighted by Gasteiger charge is 2.29. The van der Waals surface area contributed by atoms with E-state index < -0.39 is 35.1 Å². The molecule has 198 valence electrons. The summed E-state index contributed by atoms with van der Waals surface area (Å²) in [6.45, 7) is 4.07. The van der Waals surface area contributed by atoms with Crippen LogP contribution in [-0.4, -0.2) is 27.0 Å². The average molecular weight is 543 g/mol. The molecule has 1 atom stereocenters. The molecule has 4 aromatic rings. The Morgan fingerprint density at radius 3 is 2.50 bits per heavy atom. The summed E-state index contributed by atoms with van der Waals surface area (Å²) in [5, 5.41) is 2.68. The molecular formula is C28H26ClF3N4O2. The van der Waals surface area contributed by atoms with E-state index in [4.69, 9.17) is 16.6 Å². The number of fused-ring (bicyclic) bond motifs is 1. The molecule has 10 heteroatoms. The van der Waals surface area contributed by atoms with Crippen molar-refractivity contribution in [2.24, 2.45) is 0 Å². The second-order valence-electron chi connectivity index (χ2n) is 8.75. The number of benzene rings is 3. The van der Waals surface area contributed by atoms with Crippen LogP contribution in [0.1, 0.15) is 45.0 Å². The molecule has 0 saturated carbocycles. The van der Waals surface area contributed by atoms with Crippen molar-refractivity contribution in [3.8, 4) is 5.69 Å². The first-order valence-electron chi connectivity index (χ1n) is 12.2. The largest absolute Gasteiger partial charge is 0.322 e. The molecule has 1 heterocycles. The number of urea groups is 1. The smallest absolute Gasteiger partial charge is 0.314 e. The molecule has 6 nitrogen and oxygen atoms in total. The minimum atomic E-state index is -0.913. The van der Waals surface area contributed by atoms with E-state index in [9.17, 15) is 22.8 Å². The Morgan fingerprint density at radius 1 is 1.05 bits per heavy atom. The van der Waals surface area contributed by atoms with Crippen LogP contribution in [0, 0.1) is 17.5 Å². The molecule has 1 unspecified atom stereocenters. The lowest BCUT2D eigenvalue weighted by Crippen LogP contribution is -2.41. The van der Waals surface area contributed by atoms with Crippen LogP contribution in [0.3, 0.4) is 0 Å². The van der Waals surface area contributed by atoms with E-state index in [0.29, 0.717) is 29.8 Å². The van der Waals surface area contributed by atoms with E-state index >= 15 is 0 Å². The third kappa shape index (κ3) is 5.52. The summed E-state index contributed by atoms with van der Waals surface area (Å²) in [5.41, 5.74) is 0.124. The standard InChI is InChI=1S/C28H26ClF3N4O2/c1-3-5-14-35(28(38)34-24-13-10-17(30)15-22(24)32)25(4-2)26-33-23-9-7-6-8-19(23)27(37)36(26)18-11-12-21(31)20(29)16-18/h6-13,15-16,25H,3-5,14H2,1-2H3,(H,34,38). The predicted molar refractivity (Wildman–Crippen MR) is 142 cm³/mol. The van der Waals surface area contributed by atoms with Crippen molar-refractivity contribution in [1.82, 2.24) is 14.5 Å². The zero-order valence-electron chi connectivity index (χ0n) is 20.8. The lowest BCUT2D eigenvalue weighted by molar-refractivity contribution is 0.180. The molecule has 1 N–H and O–H groups in total. The summed E-state index contributed by atoms with van der Waals surface area (Å²) in [6.07, 6.45) is 1.73. The van der Waals surface area contributed by atoms with E-state index in [0.717, 1.165) is 24.6 Å². The Hall–Kier alpha value is -3.85. The normalized spacial score (nSPS) is 11.9. The van der Waals surface area contributed by atoms with Gasteiger partial charge in [0.15, 0.2) is 0 Å². The summed E-state index contributed by atoms with van der Waals surface area (Å²) in [5.74, 6) is -2.08. The van der Waals surface area contributed by atoms with Crippen LogP contribution in [0.15, 0.2) is 65.5 Å². The summed E-state index contributed by atoms with van der Waals surface area (Å²) in [4.78, 5) is 33.5. The number of amides is 2. The van der Waals surface area contributed by atoms with Gasteiger partial charge in [-0.2, -0.15) is 0 Å². The summed E-state index contributed by atoms with van der Waals surface area (Å²) >= 11 is 6.05. The fraction of sp³-hybridized carbons (Fsp3) is 0.250. The fourth-order valence-electron chi connectivity index (χ4n) is 4.29. The van der Waals surface area contributed by atoms with Crippen molar-refractivity contribution in [3.05, 3.63) is 99.3 Å². The number of hydrogen-bond acceptors (Lipinski definition) is 3. The highest BCUT2D eigenvalue weighted by Crippen LogP contribution is 2.29. The minimum Gasteiger partial charge on any atom is -0.314 e. The lowest BCUT2D eigenvalue weighted by atomic mass is 10.1. The molecule has 0 bridgehead atoms. The number of nitrogens with one attached hydrogen (secondary N) is 1. The van der Waals surface area contributed by atoms with E-state index in [-0.39, 0.29) is 28.8 Å². The SMILES string of the molecule is CCCCN(C(=O)Nc1ccc(F)cc1F)C(CC)c1nc2ccccc2c(=O)n1-c1ccc(F)c(Cl)c1. The van der Waals surface area contributed by atoms with E-state index in [1.807, 2.05) is 13.8 Å². The number of carbonyl (C=O) groups excluding carboxylic acids is 1. The van der Waals surface area contributed by atoms with Crippen LogP contribution >= 0.6 is 11.6 Å². The number of para-hydroxylation sites is 1. The van der Waals surface area contributed by atoms with Gasteiger partial charge in [0.1, 0.15) is 23.3 Å². The molecule has 2 amide bonds. The van der Waals surface area contributed by atoms with Gasteiger partial charge in [0, 0.05) is 12.6 Å². The first-order valence-corrected chi connectivity index (χ1v) is 12.6. The van der Waals surface area contributed by atoms with Crippen molar-refractivity contribution in [3.63, 3.8) is 0 Å². The first kappa shape index (κ1) is 27.2. The van der Waals surface area contributed by atoms with Crippen LogP contribution in [0.5, 0.6) is 0 Å². The van der Waals surface area contributed by atoms with E-state index in [1.54, 1.807) is 24.3 Å². The Kier molecular flexibility index (Phi) is 8.36. The second kappa shape index (κ2) is 11.7. The number of nitrogens with zero attached hydrogens (tertiary/aromatic N) is 3. The summed E-state index contributed by atoms with van der Waals surface area (Å²) in [7, 11) is 0. The van der Waals surface area contributed by atoms with Gasteiger partial charge >= 0.3 is 6.03 Å². The fourth-order valence-corrected chi connectivity index (χ4v) is 4.47. The first-order chi connectivity index (χ1) is 18.2. The summed E-state index contributed by atoms with van der Waals surface area (Å²) < 4.78 is 43.1. The van der Waals surface area contributed by atoms with Gasteiger partial charge in [-0.1, -0.05) is 44.0 Å². The van der Waals surface area contributed by atoms with Gasteiger partial charge in [-0.3, -0.25) is 9.36 Å². The number of halogens is 4. The molecule has 0 spiro atoms. The van der Waals surface area contributed by atoms with Crippen molar-refractivity contribution < 1.29 is 18.0 Å². The van der Waals surface area contributed by atoms with Gasteiger partial charge < -0.3 is 10.2 Å². The zero-order valence-corrected chi connectivity index (χ0v) is 21.6. The average Bonchev–Trinajstić information content (AvgIpc) is 2.90. The Balaban J connectivity index is 1.88. The van der Waals surface area contributed by atoms with Crippen molar-refractivity contribution in [2.75, 3.05) is 11.9 Å². The number of hydrogen-bond donors (Lipinski definition) is 1. The number of rotatable bonds is 8. The van der Waals surface area contributed by atoms with Gasteiger partial charge in [0.2, 0.25) is 0 Å². The van der Waals surface area contributed by atoms with Gasteiger partial charge in [-0.25, -0.2) is 22.9 Å². The molecule has 0 aliphatic carbocycles. The number of unbranched alkanes of at least 4 members (excludes halogenated alkanes) is 1. The van der Waals surface area contributed by atoms with E-state index in [2.05, 4.69) is 5.32 Å². The van der Waals surface area contributed by atoms with Gasteiger partial charge in [-0.15, -0.1) is 0 Å². The van der Waals surface area contributed by atoms with E-state index in [1.165, 1.54) is 21.6 Å². The molecular weight excluding hydrogens is 517 g/mol. The van der Waals surface area contributed by atoms with Crippen LogP contribution < -0.4 is 10.9 Å². The maximum absolute atomic E-state index is 14.3. The van der Waals surface area contributed by atoms with Crippen molar-refractivity contribution in [2.45, 2.75) is 39.2 Å². The minimum absolute atomic E-state index is 0.172. The molecule has 0 aliphatic rings. The molecule has 0 radical (unpaired) electrons. The maximum atomic E-state index is 14.3. The monoisotopic (exact) mass is 542 g/mol. The summed E-state index contributed by atoms with van der Waals surface area (Å²) in [6, 6.07) is 12.2. The lowest BCUT2D eigenvalue weighted by Gasteiger charge is -2.32. The Bertz CT molecular complexity index is 1540. The number of carbonyl (C=O) groups is 1. The molecule has 3 aromatic carbocycles. The predicted octanol–water partition coefficient (Wildman–Crippen LogP) is 7.24. The van der Waals surface area contributed by atoms with Crippen LogP contribution in [0.25, 0.3) is 16.6 Å². The van der Waals surface area contributed by atoms with Gasteiger partial charge in [-0.05, 0) is 55.3 Å². The number of anilines is 1. The topological polar surface area (TPSA) is 67.2 Å².